The molecule has 1 N–H and O–H groups in total. The van der Waals surface area contributed by atoms with Gasteiger partial charge in [-0.3, -0.25) is 14.1 Å². The predicted octanol–water partition coefficient (Wildman–Crippen LogP) is 1.96. The number of halogens is 2. The molecule has 2 saturated heterocycles. The summed E-state index contributed by atoms with van der Waals surface area (Å²) in [7, 11) is 0. The third-order valence-electron chi connectivity index (χ3n) is 4.91. The molecule has 23 heavy (non-hydrogen) atoms. The molecular formula is C16H20Cl2N4O. The molecule has 1 atom stereocenters. The van der Waals surface area contributed by atoms with Gasteiger partial charge in [-0.25, -0.2) is 4.98 Å². The Morgan fingerprint density at radius 3 is 3.00 bits per heavy atom. The largest absolute Gasteiger partial charge is 0.316 e. The maximum absolute atomic E-state index is 12.2. The molecule has 2 aromatic heterocycles. The van der Waals surface area contributed by atoms with Crippen molar-refractivity contribution in [3.63, 3.8) is 0 Å². The van der Waals surface area contributed by atoms with E-state index in [1.54, 1.807) is 24.4 Å². The molecule has 0 radical (unpaired) electrons. The molecule has 0 amide bonds. The number of pyridine rings is 1. The smallest absolute Gasteiger partial charge is 0.258 e. The third-order valence-corrected chi connectivity index (χ3v) is 5.14. The van der Waals surface area contributed by atoms with Crippen LogP contribution in [0.5, 0.6) is 0 Å². The van der Waals surface area contributed by atoms with E-state index in [0.29, 0.717) is 16.1 Å². The van der Waals surface area contributed by atoms with Gasteiger partial charge in [-0.1, -0.05) is 11.6 Å². The van der Waals surface area contributed by atoms with Gasteiger partial charge in [0, 0.05) is 31.9 Å². The highest BCUT2D eigenvalue weighted by molar-refractivity contribution is 6.30. The van der Waals surface area contributed by atoms with Gasteiger partial charge in [0.25, 0.3) is 5.56 Å². The van der Waals surface area contributed by atoms with Crippen LogP contribution in [-0.2, 0) is 6.54 Å². The summed E-state index contributed by atoms with van der Waals surface area (Å²) in [5.74, 6) is 0. The van der Waals surface area contributed by atoms with Gasteiger partial charge >= 0.3 is 0 Å². The van der Waals surface area contributed by atoms with Gasteiger partial charge < -0.3 is 5.32 Å². The second-order valence-electron chi connectivity index (χ2n) is 6.55. The standard InChI is InChI=1S/C16H19ClN4O.ClH/c17-12-1-2-14-19-13(7-15(22)21(14)8-12)9-20-6-4-16(11-20)3-5-18-10-16;/h1-2,7-8,18H,3-6,9-11H2;1H. The van der Waals surface area contributed by atoms with Gasteiger partial charge in [-0.2, -0.15) is 0 Å². The van der Waals surface area contributed by atoms with E-state index in [9.17, 15) is 4.79 Å². The van der Waals surface area contributed by atoms with Crippen molar-refractivity contribution in [3.8, 4) is 0 Å². The lowest BCUT2D eigenvalue weighted by Crippen LogP contribution is -2.29. The number of aromatic nitrogens is 2. The number of likely N-dealkylation sites (tertiary alicyclic amines) is 1. The Morgan fingerprint density at radius 2 is 2.22 bits per heavy atom. The van der Waals surface area contributed by atoms with Gasteiger partial charge in [-0.05, 0) is 43.5 Å². The zero-order valence-electron chi connectivity index (χ0n) is 12.8. The minimum Gasteiger partial charge on any atom is -0.316 e. The highest BCUT2D eigenvalue weighted by Crippen LogP contribution is 2.36. The molecule has 0 saturated carbocycles. The van der Waals surface area contributed by atoms with E-state index in [-0.39, 0.29) is 18.0 Å². The van der Waals surface area contributed by atoms with E-state index in [2.05, 4.69) is 15.2 Å². The normalized spacial score (nSPS) is 24.4. The maximum Gasteiger partial charge on any atom is 0.258 e. The van der Waals surface area contributed by atoms with Crippen molar-refractivity contribution in [3.05, 3.63) is 45.5 Å². The maximum atomic E-state index is 12.2. The van der Waals surface area contributed by atoms with Crippen LogP contribution in [0.2, 0.25) is 5.02 Å². The Hall–Kier alpha value is -1.14. The fourth-order valence-corrected chi connectivity index (χ4v) is 3.90. The molecule has 0 aliphatic carbocycles. The van der Waals surface area contributed by atoms with Gasteiger partial charge in [0.1, 0.15) is 5.65 Å². The van der Waals surface area contributed by atoms with Crippen LogP contribution in [0.25, 0.3) is 5.65 Å². The molecule has 4 rings (SSSR count). The van der Waals surface area contributed by atoms with Crippen LogP contribution < -0.4 is 10.9 Å². The van der Waals surface area contributed by atoms with Crippen LogP contribution in [0.15, 0.2) is 29.2 Å². The second-order valence-corrected chi connectivity index (χ2v) is 6.99. The highest BCUT2D eigenvalue weighted by atomic mass is 35.5. The predicted molar refractivity (Wildman–Crippen MR) is 93.5 cm³/mol. The topological polar surface area (TPSA) is 49.6 Å². The van der Waals surface area contributed by atoms with Gasteiger partial charge in [-0.15, -0.1) is 12.4 Å². The van der Waals surface area contributed by atoms with E-state index < -0.39 is 0 Å². The Balaban J connectivity index is 0.00000156. The average Bonchev–Trinajstić information content (AvgIpc) is 3.11. The lowest BCUT2D eigenvalue weighted by Gasteiger charge is -2.22. The molecule has 2 aromatic rings. The fourth-order valence-electron chi connectivity index (χ4n) is 3.74. The lowest BCUT2D eigenvalue weighted by atomic mass is 9.87. The monoisotopic (exact) mass is 354 g/mol. The Bertz CT molecular complexity index is 770. The van der Waals surface area contributed by atoms with E-state index in [1.807, 2.05) is 0 Å². The van der Waals surface area contributed by atoms with Crippen molar-refractivity contribution >= 4 is 29.7 Å². The quantitative estimate of drug-likeness (QED) is 0.895. The number of fused-ring (bicyclic) bond motifs is 1. The zero-order valence-corrected chi connectivity index (χ0v) is 14.4. The fraction of sp³-hybridized carbons (Fsp3) is 0.500. The summed E-state index contributed by atoms with van der Waals surface area (Å²) >= 11 is 5.94. The zero-order chi connectivity index (χ0) is 15.2. The van der Waals surface area contributed by atoms with E-state index >= 15 is 0 Å². The number of rotatable bonds is 2. The first kappa shape index (κ1) is 16.7. The van der Waals surface area contributed by atoms with Gasteiger partial charge in [0.15, 0.2) is 0 Å². The highest BCUT2D eigenvalue weighted by Gasteiger charge is 2.40. The van der Waals surface area contributed by atoms with Crippen molar-refractivity contribution in [2.75, 3.05) is 26.2 Å². The Labute approximate surface area is 146 Å². The minimum atomic E-state index is -0.0704. The van der Waals surface area contributed by atoms with Crippen LogP contribution >= 0.6 is 24.0 Å². The van der Waals surface area contributed by atoms with Crippen molar-refractivity contribution in [1.29, 1.82) is 0 Å². The van der Waals surface area contributed by atoms with Crippen LogP contribution in [0.4, 0.5) is 0 Å². The number of nitrogens with zero attached hydrogens (tertiary/aromatic N) is 3. The van der Waals surface area contributed by atoms with Crippen molar-refractivity contribution in [2.24, 2.45) is 5.41 Å². The first-order chi connectivity index (χ1) is 10.6. The molecular weight excluding hydrogens is 335 g/mol. The molecule has 124 valence electrons. The van der Waals surface area contributed by atoms with Gasteiger partial charge in [0.2, 0.25) is 0 Å². The average molecular weight is 355 g/mol. The molecule has 4 heterocycles. The summed E-state index contributed by atoms with van der Waals surface area (Å²) in [5, 5.41) is 4.01. The van der Waals surface area contributed by atoms with E-state index in [1.165, 1.54) is 17.2 Å². The van der Waals surface area contributed by atoms with Crippen LogP contribution in [0, 0.1) is 5.41 Å². The number of nitrogens with one attached hydrogen (secondary N) is 1. The Morgan fingerprint density at radius 1 is 1.35 bits per heavy atom. The Kier molecular flexibility index (Phi) is 4.65. The first-order valence-electron chi connectivity index (χ1n) is 7.75. The molecule has 2 aliphatic rings. The van der Waals surface area contributed by atoms with Crippen molar-refractivity contribution < 1.29 is 0 Å². The molecule has 1 unspecified atom stereocenters. The summed E-state index contributed by atoms with van der Waals surface area (Å²) in [6.07, 6.45) is 4.11. The van der Waals surface area contributed by atoms with Crippen LogP contribution in [0.3, 0.4) is 0 Å². The third kappa shape index (κ3) is 3.24. The van der Waals surface area contributed by atoms with Crippen molar-refractivity contribution in [2.45, 2.75) is 19.4 Å². The minimum absolute atomic E-state index is 0. The van der Waals surface area contributed by atoms with Crippen molar-refractivity contribution in [1.82, 2.24) is 19.6 Å². The first-order valence-corrected chi connectivity index (χ1v) is 8.12. The molecule has 1 spiro atoms. The second kappa shape index (κ2) is 6.40. The van der Waals surface area contributed by atoms with E-state index in [0.717, 1.165) is 38.4 Å². The number of hydrogen-bond donors (Lipinski definition) is 1. The lowest BCUT2D eigenvalue weighted by molar-refractivity contribution is 0.266. The summed E-state index contributed by atoms with van der Waals surface area (Å²) in [4.78, 5) is 19.2. The number of hydrogen-bond acceptors (Lipinski definition) is 4. The van der Waals surface area contributed by atoms with Gasteiger partial charge in [0.05, 0.1) is 10.7 Å². The summed E-state index contributed by atoms with van der Waals surface area (Å²) < 4.78 is 1.50. The van der Waals surface area contributed by atoms with Crippen LogP contribution in [0.1, 0.15) is 18.5 Å². The molecule has 5 nitrogen and oxygen atoms in total. The molecule has 0 aromatic carbocycles. The summed E-state index contributed by atoms with van der Waals surface area (Å²) in [5.41, 5.74) is 1.87. The summed E-state index contributed by atoms with van der Waals surface area (Å²) in [6.45, 7) is 5.18. The molecule has 2 aliphatic heterocycles. The SMILES string of the molecule is Cl.O=c1cc(CN2CCC3(CCNC3)C2)nc2ccc(Cl)cn12. The van der Waals surface area contributed by atoms with Crippen LogP contribution in [-0.4, -0.2) is 40.5 Å². The molecule has 2 fully saturated rings. The molecule has 0 bridgehead atoms. The van der Waals surface area contributed by atoms with E-state index in [4.69, 9.17) is 11.6 Å². The summed E-state index contributed by atoms with van der Waals surface area (Å²) in [6, 6.07) is 5.18. The molecule has 7 heteroatoms.